The molecular formula is C7H6F3NOS. The van der Waals surface area contributed by atoms with E-state index >= 15 is 0 Å². The fourth-order valence-corrected chi connectivity index (χ4v) is 1.36. The third kappa shape index (κ3) is 3.56. The first-order valence-electron chi connectivity index (χ1n) is 3.27. The second-order valence-corrected chi connectivity index (χ2v) is 3.33. The summed E-state index contributed by atoms with van der Waals surface area (Å²) in [5.41, 5.74) is -2.29. The zero-order valence-electron chi connectivity index (χ0n) is 6.30. The number of halogens is 3. The fraction of sp³-hybridized carbons (Fsp3) is 0.143. The molecule has 0 spiro atoms. The standard InChI is InChI=1S/C7H6F3NOS/c8-7(9,10)13-6-3-1-2-5(4-6)11-12/h1-4,11-12H. The van der Waals surface area contributed by atoms with Crippen molar-refractivity contribution in [1.82, 2.24) is 0 Å². The van der Waals surface area contributed by atoms with Crippen LogP contribution in [0.25, 0.3) is 0 Å². The van der Waals surface area contributed by atoms with Crippen LogP contribution in [0, 0.1) is 0 Å². The van der Waals surface area contributed by atoms with Gasteiger partial charge in [-0.1, -0.05) is 6.07 Å². The maximum atomic E-state index is 11.9. The molecule has 1 aromatic carbocycles. The van der Waals surface area contributed by atoms with Gasteiger partial charge in [0.15, 0.2) is 0 Å². The smallest absolute Gasteiger partial charge is 0.291 e. The van der Waals surface area contributed by atoms with Gasteiger partial charge >= 0.3 is 5.51 Å². The summed E-state index contributed by atoms with van der Waals surface area (Å²) in [6, 6.07) is 5.41. The third-order valence-corrected chi connectivity index (χ3v) is 1.92. The first-order chi connectivity index (χ1) is 6.01. The van der Waals surface area contributed by atoms with Crippen LogP contribution in [0.15, 0.2) is 29.2 Å². The van der Waals surface area contributed by atoms with Crippen molar-refractivity contribution in [1.29, 1.82) is 0 Å². The molecule has 0 radical (unpaired) electrons. The van der Waals surface area contributed by atoms with Gasteiger partial charge in [0, 0.05) is 4.90 Å². The predicted molar refractivity (Wildman–Crippen MR) is 43.8 cm³/mol. The highest BCUT2D eigenvalue weighted by molar-refractivity contribution is 8.00. The molecule has 0 aromatic heterocycles. The third-order valence-electron chi connectivity index (χ3n) is 1.20. The van der Waals surface area contributed by atoms with Gasteiger partial charge in [0.1, 0.15) is 0 Å². The Balaban J connectivity index is 2.78. The zero-order valence-corrected chi connectivity index (χ0v) is 7.12. The zero-order chi connectivity index (χ0) is 9.90. The number of anilines is 1. The van der Waals surface area contributed by atoms with Gasteiger partial charge in [0.2, 0.25) is 0 Å². The maximum absolute atomic E-state index is 11.9. The van der Waals surface area contributed by atoms with Gasteiger partial charge in [0.25, 0.3) is 0 Å². The highest BCUT2D eigenvalue weighted by Gasteiger charge is 2.29. The average molecular weight is 209 g/mol. The summed E-state index contributed by atoms with van der Waals surface area (Å²) >= 11 is -0.221. The second-order valence-electron chi connectivity index (χ2n) is 2.19. The van der Waals surface area contributed by atoms with E-state index in [-0.39, 0.29) is 22.3 Å². The van der Waals surface area contributed by atoms with Crippen molar-refractivity contribution in [3.8, 4) is 0 Å². The van der Waals surface area contributed by atoms with Crippen molar-refractivity contribution in [2.45, 2.75) is 10.4 Å². The molecule has 0 bridgehead atoms. The number of thioether (sulfide) groups is 1. The molecule has 0 saturated heterocycles. The molecule has 0 heterocycles. The van der Waals surface area contributed by atoms with E-state index in [1.54, 1.807) is 5.48 Å². The SMILES string of the molecule is ONc1cccc(SC(F)(F)F)c1. The van der Waals surface area contributed by atoms with Gasteiger partial charge in [0.05, 0.1) is 5.69 Å². The monoisotopic (exact) mass is 209 g/mol. The van der Waals surface area contributed by atoms with Crippen molar-refractivity contribution in [2.75, 3.05) is 5.48 Å². The Bertz CT molecular complexity index is 289. The minimum absolute atomic E-state index is 0.0338. The largest absolute Gasteiger partial charge is 0.446 e. The summed E-state index contributed by atoms with van der Waals surface area (Å²) in [6.07, 6.45) is 0. The first kappa shape index (κ1) is 10.2. The molecule has 0 unspecified atom stereocenters. The van der Waals surface area contributed by atoms with Crippen LogP contribution >= 0.6 is 11.8 Å². The van der Waals surface area contributed by atoms with E-state index in [1.165, 1.54) is 24.3 Å². The van der Waals surface area contributed by atoms with Gasteiger partial charge in [-0.05, 0) is 30.0 Å². The quantitative estimate of drug-likeness (QED) is 0.579. The van der Waals surface area contributed by atoms with Crippen LogP contribution in [0.2, 0.25) is 0 Å². The van der Waals surface area contributed by atoms with Gasteiger partial charge in [-0.15, -0.1) is 0 Å². The van der Waals surface area contributed by atoms with E-state index in [2.05, 4.69) is 0 Å². The topological polar surface area (TPSA) is 32.3 Å². The summed E-state index contributed by atoms with van der Waals surface area (Å²) in [5.74, 6) is 0. The van der Waals surface area contributed by atoms with Gasteiger partial charge in [-0.3, -0.25) is 10.7 Å². The van der Waals surface area contributed by atoms with Gasteiger partial charge < -0.3 is 0 Å². The fourth-order valence-electron chi connectivity index (χ4n) is 0.763. The lowest BCUT2D eigenvalue weighted by Gasteiger charge is -2.06. The molecule has 0 aliphatic carbocycles. The molecule has 0 atom stereocenters. The van der Waals surface area contributed by atoms with Crippen molar-refractivity contribution in [3.05, 3.63) is 24.3 Å². The van der Waals surface area contributed by atoms with E-state index in [0.717, 1.165) is 0 Å². The summed E-state index contributed by atoms with van der Waals surface area (Å²) in [5, 5.41) is 8.42. The van der Waals surface area contributed by atoms with Crippen LogP contribution in [0.1, 0.15) is 0 Å². The number of hydrogen-bond acceptors (Lipinski definition) is 3. The Labute approximate surface area is 76.7 Å². The highest BCUT2D eigenvalue weighted by atomic mass is 32.2. The molecule has 0 aliphatic rings. The Morgan fingerprint density at radius 2 is 2.00 bits per heavy atom. The molecule has 0 amide bonds. The Kier molecular flexibility index (Phi) is 3.05. The maximum Gasteiger partial charge on any atom is 0.446 e. The normalized spacial score (nSPS) is 11.4. The van der Waals surface area contributed by atoms with Crippen molar-refractivity contribution in [3.63, 3.8) is 0 Å². The van der Waals surface area contributed by atoms with Crippen LogP contribution in [0.5, 0.6) is 0 Å². The minimum Gasteiger partial charge on any atom is -0.291 e. The number of nitrogens with one attached hydrogen (secondary N) is 1. The molecule has 0 aliphatic heterocycles. The van der Waals surface area contributed by atoms with E-state index in [0.29, 0.717) is 0 Å². The number of alkyl halides is 3. The summed E-state index contributed by atoms with van der Waals surface area (Å²) < 4.78 is 35.6. The molecule has 0 saturated carbocycles. The summed E-state index contributed by atoms with van der Waals surface area (Å²) in [6.45, 7) is 0. The average Bonchev–Trinajstić information content (AvgIpc) is 2.01. The molecule has 72 valence electrons. The first-order valence-corrected chi connectivity index (χ1v) is 4.09. The predicted octanol–water partition coefficient (Wildman–Crippen LogP) is 3.10. The summed E-state index contributed by atoms with van der Waals surface area (Å²) in [4.78, 5) is 0.0338. The second kappa shape index (κ2) is 3.89. The lowest BCUT2D eigenvalue weighted by atomic mass is 10.3. The van der Waals surface area contributed by atoms with Crippen LogP contribution in [0.3, 0.4) is 0 Å². The van der Waals surface area contributed by atoms with E-state index in [1.807, 2.05) is 0 Å². The van der Waals surface area contributed by atoms with E-state index in [9.17, 15) is 13.2 Å². The minimum atomic E-state index is -4.30. The van der Waals surface area contributed by atoms with Crippen molar-refractivity contribution < 1.29 is 18.4 Å². The van der Waals surface area contributed by atoms with Crippen LogP contribution in [-0.4, -0.2) is 10.7 Å². The van der Waals surface area contributed by atoms with E-state index < -0.39 is 5.51 Å². The van der Waals surface area contributed by atoms with Crippen molar-refractivity contribution in [2.24, 2.45) is 0 Å². The molecular weight excluding hydrogens is 203 g/mol. The van der Waals surface area contributed by atoms with Gasteiger partial charge in [-0.2, -0.15) is 13.2 Å². The highest BCUT2D eigenvalue weighted by Crippen LogP contribution is 2.37. The molecule has 13 heavy (non-hydrogen) atoms. The summed E-state index contributed by atoms with van der Waals surface area (Å²) in [7, 11) is 0. The Morgan fingerprint density at radius 3 is 2.54 bits per heavy atom. The molecule has 1 aromatic rings. The number of benzene rings is 1. The molecule has 1 rings (SSSR count). The number of rotatable bonds is 2. The van der Waals surface area contributed by atoms with E-state index in [4.69, 9.17) is 5.21 Å². The lowest BCUT2D eigenvalue weighted by molar-refractivity contribution is -0.0328. The molecule has 6 heteroatoms. The van der Waals surface area contributed by atoms with Crippen LogP contribution in [0.4, 0.5) is 18.9 Å². The number of hydrogen-bond donors (Lipinski definition) is 2. The Morgan fingerprint density at radius 1 is 1.31 bits per heavy atom. The molecule has 2 N–H and O–H groups in total. The van der Waals surface area contributed by atoms with Crippen molar-refractivity contribution >= 4 is 17.4 Å². The lowest BCUT2D eigenvalue weighted by Crippen LogP contribution is -1.99. The van der Waals surface area contributed by atoms with Crippen LogP contribution in [-0.2, 0) is 0 Å². The van der Waals surface area contributed by atoms with Gasteiger partial charge in [-0.25, -0.2) is 0 Å². The molecule has 0 fully saturated rings. The van der Waals surface area contributed by atoms with Crippen LogP contribution < -0.4 is 5.48 Å². The Hall–Kier alpha value is -0.880. The molecule has 2 nitrogen and oxygen atoms in total.